The normalized spacial score (nSPS) is 21.5. The Kier molecular flexibility index (Phi) is 8.11. The first-order chi connectivity index (χ1) is 14.4. The van der Waals surface area contributed by atoms with E-state index in [1.807, 2.05) is 39.8 Å². The van der Waals surface area contributed by atoms with E-state index in [1.54, 1.807) is 17.0 Å². The van der Waals surface area contributed by atoms with Gasteiger partial charge >= 0.3 is 0 Å². The van der Waals surface area contributed by atoms with Crippen molar-refractivity contribution < 1.29 is 19.5 Å². The van der Waals surface area contributed by atoms with Crippen LogP contribution in [0.3, 0.4) is 0 Å². The quantitative estimate of drug-likeness (QED) is 0.593. The molecule has 31 heavy (non-hydrogen) atoms. The molecule has 7 nitrogen and oxygen atoms in total. The number of halogens is 1. The predicted octanol–water partition coefficient (Wildman–Crippen LogP) is 2.45. The molecule has 172 valence electrons. The van der Waals surface area contributed by atoms with Crippen molar-refractivity contribution in [3.63, 3.8) is 0 Å². The molecule has 3 N–H and O–H groups in total. The average molecular weight is 452 g/mol. The number of hydrogen-bond acceptors (Lipinski definition) is 4. The molecule has 1 aromatic rings. The van der Waals surface area contributed by atoms with E-state index in [9.17, 15) is 19.5 Å². The lowest BCUT2D eigenvalue weighted by atomic mass is 9.66. The SMILES string of the molecule is CC(=O)NCCC(=O)N[C@@H](C(=O)N1CC[C@](O)(c2ccc(Cl)cc2)C(C)(C)C1)C(C)C. The minimum Gasteiger partial charge on any atom is -0.384 e. The third-order valence-corrected chi connectivity index (χ3v) is 6.31. The second kappa shape index (κ2) is 10.0. The van der Waals surface area contributed by atoms with Crippen LogP contribution in [0.1, 0.15) is 53.0 Å². The molecule has 1 heterocycles. The lowest BCUT2D eigenvalue weighted by Crippen LogP contribution is -2.60. The first-order valence-electron chi connectivity index (χ1n) is 10.7. The number of nitrogens with one attached hydrogen (secondary N) is 2. The zero-order valence-electron chi connectivity index (χ0n) is 19.0. The number of carbonyl (C=O) groups is 3. The Bertz CT molecular complexity index is 810. The Hall–Kier alpha value is -2.12. The third kappa shape index (κ3) is 5.98. The molecular weight excluding hydrogens is 418 g/mol. The third-order valence-electron chi connectivity index (χ3n) is 6.06. The number of amides is 3. The standard InChI is InChI=1S/C23H34ClN3O4/c1-15(2)20(26-19(29)10-12-25-16(3)28)21(30)27-13-11-23(31,22(4,5)14-27)17-6-8-18(24)9-7-17/h6-9,15,20,31H,10-14H2,1-5H3,(H,25,28)(H,26,29)/t20-,23+/m1/s1. The minimum atomic E-state index is -1.09. The van der Waals surface area contributed by atoms with Gasteiger partial charge in [-0.2, -0.15) is 0 Å². The van der Waals surface area contributed by atoms with E-state index in [1.165, 1.54) is 6.92 Å². The van der Waals surface area contributed by atoms with E-state index in [2.05, 4.69) is 10.6 Å². The van der Waals surface area contributed by atoms with Gasteiger partial charge in [0.1, 0.15) is 6.04 Å². The highest BCUT2D eigenvalue weighted by Gasteiger charge is 2.50. The molecule has 0 radical (unpaired) electrons. The fraction of sp³-hybridized carbons (Fsp3) is 0.609. The van der Waals surface area contributed by atoms with Gasteiger partial charge in [-0.3, -0.25) is 14.4 Å². The van der Waals surface area contributed by atoms with Crippen molar-refractivity contribution in [3.05, 3.63) is 34.9 Å². The van der Waals surface area contributed by atoms with Gasteiger partial charge in [0, 0.05) is 43.4 Å². The molecule has 0 aliphatic carbocycles. The van der Waals surface area contributed by atoms with Crippen LogP contribution in [0.2, 0.25) is 5.02 Å². The Morgan fingerprint density at radius 3 is 2.32 bits per heavy atom. The number of benzene rings is 1. The molecule has 0 bridgehead atoms. The Morgan fingerprint density at radius 2 is 1.81 bits per heavy atom. The molecule has 2 rings (SSSR count). The van der Waals surface area contributed by atoms with E-state index >= 15 is 0 Å². The van der Waals surface area contributed by atoms with Crippen molar-refractivity contribution in [1.29, 1.82) is 0 Å². The second-order valence-electron chi connectivity index (χ2n) is 9.28. The van der Waals surface area contributed by atoms with Crippen LogP contribution < -0.4 is 10.6 Å². The summed E-state index contributed by atoms with van der Waals surface area (Å²) < 4.78 is 0. The van der Waals surface area contributed by atoms with Crippen LogP contribution in [0.5, 0.6) is 0 Å². The van der Waals surface area contributed by atoms with Crippen molar-refractivity contribution in [2.45, 2.75) is 59.1 Å². The summed E-state index contributed by atoms with van der Waals surface area (Å²) in [6, 6.07) is 6.51. The largest absolute Gasteiger partial charge is 0.384 e. The molecular formula is C23H34ClN3O4. The van der Waals surface area contributed by atoms with Gasteiger partial charge in [0.25, 0.3) is 0 Å². The number of hydrogen-bond donors (Lipinski definition) is 3. The zero-order chi connectivity index (χ0) is 23.4. The molecule has 1 fully saturated rings. The van der Waals surface area contributed by atoms with Crippen LogP contribution in [0.4, 0.5) is 0 Å². The van der Waals surface area contributed by atoms with Crippen molar-refractivity contribution in [1.82, 2.24) is 15.5 Å². The highest BCUT2D eigenvalue weighted by atomic mass is 35.5. The smallest absolute Gasteiger partial charge is 0.245 e. The van der Waals surface area contributed by atoms with Crippen molar-refractivity contribution in [2.75, 3.05) is 19.6 Å². The lowest BCUT2D eigenvalue weighted by molar-refractivity contribution is -0.156. The number of likely N-dealkylation sites (tertiary alicyclic amines) is 1. The number of piperidine rings is 1. The molecule has 0 aromatic heterocycles. The maximum atomic E-state index is 13.3. The van der Waals surface area contributed by atoms with Gasteiger partial charge in [-0.05, 0) is 30.0 Å². The number of carbonyl (C=O) groups excluding carboxylic acids is 3. The zero-order valence-corrected chi connectivity index (χ0v) is 19.8. The van der Waals surface area contributed by atoms with Gasteiger partial charge in [-0.15, -0.1) is 0 Å². The monoisotopic (exact) mass is 451 g/mol. The van der Waals surface area contributed by atoms with Crippen molar-refractivity contribution in [3.8, 4) is 0 Å². The van der Waals surface area contributed by atoms with Gasteiger partial charge < -0.3 is 20.6 Å². The van der Waals surface area contributed by atoms with E-state index in [0.29, 0.717) is 24.5 Å². The summed E-state index contributed by atoms with van der Waals surface area (Å²) in [5, 5.41) is 17.5. The molecule has 2 atom stereocenters. The Morgan fingerprint density at radius 1 is 1.19 bits per heavy atom. The molecule has 0 unspecified atom stereocenters. The van der Waals surface area contributed by atoms with Crippen LogP contribution in [0, 0.1) is 11.3 Å². The van der Waals surface area contributed by atoms with Crippen LogP contribution in [0.25, 0.3) is 0 Å². The molecule has 1 saturated heterocycles. The van der Waals surface area contributed by atoms with Crippen LogP contribution >= 0.6 is 11.6 Å². The summed E-state index contributed by atoms with van der Waals surface area (Å²) in [4.78, 5) is 38.3. The number of rotatable bonds is 7. The van der Waals surface area contributed by atoms with E-state index in [0.717, 1.165) is 5.56 Å². The fourth-order valence-electron chi connectivity index (χ4n) is 4.08. The summed E-state index contributed by atoms with van der Waals surface area (Å²) in [5.41, 5.74) is -0.921. The molecule has 3 amide bonds. The fourth-order valence-corrected chi connectivity index (χ4v) is 4.20. The topological polar surface area (TPSA) is 98.7 Å². The van der Waals surface area contributed by atoms with Crippen LogP contribution in [-0.2, 0) is 20.0 Å². The van der Waals surface area contributed by atoms with Gasteiger partial charge in [-0.1, -0.05) is 51.4 Å². The van der Waals surface area contributed by atoms with Gasteiger partial charge in [0.2, 0.25) is 17.7 Å². The van der Waals surface area contributed by atoms with E-state index in [4.69, 9.17) is 11.6 Å². The highest BCUT2D eigenvalue weighted by molar-refractivity contribution is 6.30. The molecule has 1 aromatic carbocycles. The van der Waals surface area contributed by atoms with Crippen molar-refractivity contribution >= 4 is 29.3 Å². The van der Waals surface area contributed by atoms with E-state index in [-0.39, 0.29) is 36.6 Å². The second-order valence-corrected chi connectivity index (χ2v) is 9.72. The summed E-state index contributed by atoms with van der Waals surface area (Å²) in [7, 11) is 0. The highest BCUT2D eigenvalue weighted by Crippen LogP contribution is 2.46. The van der Waals surface area contributed by atoms with Gasteiger partial charge in [-0.25, -0.2) is 0 Å². The van der Waals surface area contributed by atoms with Gasteiger partial charge in [0.05, 0.1) is 5.60 Å². The maximum absolute atomic E-state index is 13.3. The van der Waals surface area contributed by atoms with Crippen LogP contribution in [-0.4, -0.2) is 53.4 Å². The molecule has 0 saturated carbocycles. The Balaban J connectivity index is 2.10. The summed E-state index contributed by atoms with van der Waals surface area (Å²) in [6.07, 6.45) is 0.493. The molecule has 1 aliphatic rings. The summed E-state index contributed by atoms with van der Waals surface area (Å²) >= 11 is 6.00. The Labute approximate surface area is 189 Å². The maximum Gasteiger partial charge on any atom is 0.245 e. The average Bonchev–Trinajstić information content (AvgIpc) is 2.67. The predicted molar refractivity (Wildman–Crippen MR) is 120 cm³/mol. The lowest BCUT2D eigenvalue weighted by Gasteiger charge is -2.51. The first kappa shape index (κ1) is 25.1. The minimum absolute atomic E-state index is 0.0996. The van der Waals surface area contributed by atoms with Crippen molar-refractivity contribution in [2.24, 2.45) is 11.3 Å². The van der Waals surface area contributed by atoms with E-state index < -0.39 is 17.1 Å². The molecule has 8 heteroatoms. The summed E-state index contributed by atoms with van der Waals surface area (Å²) in [6.45, 7) is 10.0. The number of aliphatic hydroxyl groups is 1. The first-order valence-corrected chi connectivity index (χ1v) is 11.1. The molecule has 0 spiro atoms. The van der Waals surface area contributed by atoms with Crippen LogP contribution in [0.15, 0.2) is 24.3 Å². The van der Waals surface area contributed by atoms with Gasteiger partial charge in [0.15, 0.2) is 0 Å². The molecule has 1 aliphatic heterocycles. The number of nitrogens with zero attached hydrogens (tertiary/aromatic N) is 1. The summed E-state index contributed by atoms with van der Waals surface area (Å²) in [5.74, 6) is -0.741.